The summed E-state index contributed by atoms with van der Waals surface area (Å²) in [6.45, 7) is 2.03. The lowest BCUT2D eigenvalue weighted by Crippen LogP contribution is -2.28. The van der Waals surface area contributed by atoms with Gasteiger partial charge in [0, 0.05) is 19.2 Å². The Labute approximate surface area is 102 Å². The van der Waals surface area contributed by atoms with E-state index in [1.54, 1.807) is 11.0 Å². The first-order valence-corrected chi connectivity index (χ1v) is 6.11. The minimum Gasteiger partial charge on any atom is -0.268 e. The number of aryl methyl sites for hydroxylation is 3. The first-order valence-electron chi connectivity index (χ1n) is 5.34. The molecule has 0 atom stereocenters. The Morgan fingerprint density at radius 3 is 3.00 bits per heavy atom. The summed E-state index contributed by atoms with van der Waals surface area (Å²) < 4.78 is 3.61. The van der Waals surface area contributed by atoms with Gasteiger partial charge in [0.05, 0.1) is 5.39 Å². The molecule has 0 radical (unpaired) electrons. The van der Waals surface area contributed by atoms with Crippen LogP contribution >= 0.6 is 11.5 Å². The summed E-state index contributed by atoms with van der Waals surface area (Å²) in [5.74, 6) is 0. The van der Waals surface area contributed by atoms with Crippen LogP contribution < -0.4 is 10.1 Å². The molecule has 0 saturated heterocycles. The molecule has 0 aliphatic rings. The number of nitrogens with zero attached hydrogens (tertiary/aromatic N) is 3. The van der Waals surface area contributed by atoms with Crippen LogP contribution in [0.15, 0.2) is 23.1 Å². The molecule has 3 aromatic heterocycles. The van der Waals surface area contributed by atoms with Gasteiger partial charge in [-0.15, -0.1) is 0 Å². The Morgan fingerprint density at radius 2 is 2.24 bits per heavy atom. The molecule has 3 rings (SSSR count). The van der Waals surface area contributed by atoms with Crippen LogP contribution in [0.4, 0.5) is 0 Å². The first-order chi connectivity index (χ1) is 8.08. The van der Waals surface area contributed by atoms with Gasteiger partial charge in [-0.3, -0.25) is 8.75 Å². The molecule has 3 heterocycles. The molecule has 3 aromatic rings. The molecule has 0 aliphatic carbocycles. The van der Waals surface area contributed by atoms with Crippen LogP contribution in [0.25, 0.3) is 21.3 Å². The van der Waals surface area contributed by atoms with Crippen LogP contribution in [-0.4, -0.2) is 8.94 Å². The lowest BCUT2D eigenvalue weighted by Gasteiger charge is -1.98. The standard InChI is InChI=1S/C12H12N3OS/c1-7-4-5-14(2)9-6-8-11(13-10(7)9)17-15(3)12(8)16/h4-6H,1-3H3/q+1. The second-order valence-corrected chi connectivity index (χ2v) is 5.33. The van der Waals surface area contributed by atoms with E-state index in [4.69, 9.17) is 0 Å². The molecule has 0 amide bonds. The summed E-state index contributed by atoms with van der Waals surface area (Å²) in [5.41, 5.74) is 3.11. The van der Waals surface area contributed by atoms with E-state index < -0.39 is 0 Å². The molecule has 0 bridgehead atoms. The Balaban J connectivity index is 2.61. The van der Waals surface area contributed by atoms with Gasteiger partial charge >= 0.3 is 0 Å². The summed E-state index contributed by atoms with van der Waals surface area (Å²) in [7, 11) is 3.73. The highest BCUT2D eigenvalue weighted by Gasteiger charge is 2.14. The van der Waals surface area contributed by atoms with Gasteiger partial charge in [0.1, 0.15) is 17.4 Å². The topological polar surface area (TPSA) is 38.8 Å². The van der Waals surface area contributed by atoms with Crippen molar-refractivity contribution in [2.45, 2.75) is 6.92 Å². The van der Waals surface area contributed by atoms with Crippen molar-refractivity contribution in [3.05, 3.63) is 34.2 Å². The number of pyridine rings is 2. The summed E-state index contributed by atoms with van der Waals surface area (Å²) in [5, 5.41) is 0.700. The third-order valence-electron chi connectivity index (χ3n) is 3.01. The second kappa shape index (κ2) is 3.37. The average Bonchev–Trinajstić information content (AvgIpc) is 2.59. The number of hydrogen-bond donors (Lipinski definition) is 0. The van der Waals surface area contributed by atoms with Crippen LogP contribution in [-0.2, 0) is 14.1 Å². The predicted octanol–water partition coefficient (Wildman–Crippen LogP) is 1.28. The van der Waals surface area contributed by atoms with Crippen molar-refractivity contribution in [2.75, 3.05) is 0 Å². The molecule has 0 unspecified atom stereocenters. The summed E-state index contributed by atoms with van der Waals surface area (Å²) >= 11 is 1.39. The van der Waals surface area contributed by atoms with Gasteiger partial charge in [-0.2, -0.15) is 4.57 Å². The van der Waals surface area contributed by atoms with E-state index >= 15 is 0 Å². The molecule has 5 heteroatoms. The molecule has 0 N–H and O–H groups in total. The minimum atomic E-state index is 0.0286. The largest absolute Gasteiger partial charge is 0.270 e. The molecule has 0 fully saturated rings. The first kappa shape index (κ1) is 10.4. The van der Waals surface area contributed by atoms with Gasteiger partial charge in [0.15, 0.2) is 6.20 Å². The quantitative estimate of drug-likeness (QED) is 0.560. The maximum absolute atomic E-state index is 11.9. The number of aromatic nitrogens is 3. The van der Waals surface area contributed by atoms with E-state index in [1.807, 2.05) is 36.9 Å². The summed E-state index contributed by atoms with van der Waals surface area (Å²) in [4.78, 5) is 17.3. The van der Waals surface area contributed by atoms with Crippen LogP contribution in [0.3, 0.4) is 0 Å². The van der Waals surface area contributed by atoms with Crippen molar-refractivity contribution in [3.63, 3.8) is 0 Å². The van der Waals surface area contributed by atoms with Crippen molar-refractivity contribution in [2.24, 2.45) is 14.1 Å². The predicted molar refractivity (Wildman–Crippen MR) is 68.3 cm³/mol. The SMILES string of the molecule is Cc1cc[n+](C)c2cc3c(=O)n(C)sc3nc12. The highest BCUT2D eigenvalue weighted by molar-refractivity contribution is 7.13. The monoisotopic (exact) mass is 246 g/mol. The maximum Gasteiger partial charge on any atom is 0.270 e. The zero-order valence-corrected chi connectivity index (χ0v) is 10.7. The van der Waals surface area contributed by atoms with Crippen molar-refractivity contribution in [1.29, 1.82) is 0 Å². The van der Waals surface area contributed by atoms with Crippen molar-refractivity contribution < 1.29 is 4.57 Å². The number of hydrogen-bond acceptors (Lipinski definition) is 3. The van der Waals surface area contributed by atoms with E-state index in [-0.39, 0.29) is 5.56 Å². The summed E-state index contributed by atoms with van der Waals surface area (Å²) in [6.07, 6.45) is 1.99. The third-order valence-corrected chi connectivity index (χ3v) is 3.93. The van der Waals surface area contributed by atoms with Crippen LogP contribution in [0.5, 0.6) is 0 Å². The molecule has 86 valence electrons. The van der Waals surface area contributed by atoms with Crippen molar-refractivity contribution >= 4 is 32.8 Å². The maximum atomic E-state index is 11.9. The van der Waals surface area contributed by atoms with Gasteiger partial charge < -0.3 is 0 Å². The lowest BCUT2D eigenvalue weighted by molar-refractivity contribution is -0.645. The van der Waals surface area contributed by atoms with Gasteiger partial charge in [0.2, 0.25) is 5.52 Å². The Bertz CT molecular complexity index is 801. The third kappa shape index (κ3) is 1.39. The smallest absolute Gasteiger partial charge is 0.268 e. The second-order valence-electron chi connectivity index (χ2n) is 4.21. The number of fused-ring (bicyclic) bond motifs is 2. The van der Waals surface area contributed by atoms with E-state index in [1.165, 1.54) is 11.5 Å². The summed E-state index contributed by atoms with van der Waals surface area (Å²) in [6, 6.07) is 3.97. The van der Waals surface area contributed by atoms with Gasteiger partial charge in [-0.1, -0.05) is 0 Å². The van der Waals surface area contributed by atoms with Crippen molar-refractivity contribution in [3.8, 4) is 0 Å². The molecular formula is C12H12N3OS+. The Hall–Kier alpha value is -1.75. The zero-order valence-electron chi connectivity index (χ0n) is 9.89. The Kier molecular flexibility index (Phi) is 2.06. The van der Waals surface area contributed by atoms with E-state index in [2.05, 4.69) is 4.98 Å². The van der Waals surface area contributed by atoms with E-state index in [9.17, 15) is 4.79 Å². The molecule has 17 heavy (non-hydrogen) atoms. The van der Waals surface area contributed by atoms with Crippen LogP contribution in [0.1, 0.15) is 5.56 Å². The number of rotatable bonds is 0. The van der Waals surface area contributed by atoms with Gasteiger partial charge in [0.25, 0.3) is 5.56 Å². The van der Waals surface area contributed by atoms with E-state index in [0.29, 0.717) is 5.39 Å². The molecular weight excluding hydrogens is 234 g/mol. The fraction of sp³-hybridized carbons (Fsp3) is 0.250. The average molecular weight is 246 g/mol. The fourth-order valence-electron chi connectivity index (χ4n) is 1.99. The molecule has 0 aromatic carbocycles. The zero-order chi connectivity index (χ0) is 12.2. The minimum absolute atomic E-state index is 0.0286. The highest BCUT2D eigenvalue weighted by atomic mass is 32.1. The highest BCUT2D eigenvalue weighted by Crippen LogP contribution is 2.20. The molecule has 4 nitrogen and oxygen atoms in total. The van der Waals surface area contributed by atoms with Crippen molar-refractivity contribution in [1.82, 2.24) is 8.94 Å². The van der Waals surface area contributed by atoms with E-state index in [0.717, 1.165) is 21.4 Å². The molecule has 0 saturated carbocycles. The van der Waals surface area contributed by atoms with Gasteiger partial charge in [-0.25, -0.2) is 4.98 Å². The van der Waals surface area contributed by atoms with Crippen LogP contribution in [0, 0.1) is 6.92 Å². The fourth-order valence-corrected chi connectivity index (χ4v) is 2.81. The Morgan fingerprint density at radius 1 is 1.47 bits per heavy atom. The lowest BCUT2D eigenvalue weighted by atomic mass is 10.2. The normalized spacial score (nSPS) is 11.5. The van der Waals surface area contributed by atoms with Gasteiger partial charge in [-0.05, 0) is 24.0 Å². The molecule has 0 aliphatic heterocycles. The molecule has 0 spiro atoms. The van der Waals surface area contributed by atoms with Crippen LogP contribution in [0.2, 0.25) is 0 Å².